The minimum atomic E-state index is -0.443. The van der Waals surface area contributed by atoms with Gasteiger partial charge < -0.3 is 14.1 Å². The van der Waals surface area contributed by atoms with Crippen LogP contribution in [0.5, 0.6) is 0 Å². The second-order valence-corrected chi connectivity index (χ2v) is 7.95. The molecule has 0 atom stereocenters. The van der Waals surface area contributed by atoms with Crippen molar-refractivity contribution in [2.75, 3.05) is 7.11 Å². The van der Waals surface area contributed by atoms with Crippen molar-refractivity contribution in [3.05, 3.63) is 113 Å². The monoisotopic (exact) mass is 474 g/mol. The molecule has 4 aromatic rings. The molecular weight excluding hydrogens is 450 g/mol. The Bertz CT molecular complexity index is 1370. The van der Waals surface area contributed by atoms with Crippen LogP contribution in [0.15, 0.2) is 84.0 Å². The van der Waals surface area contributed by atoms with E-state index in [0.717, 1.165) is 28.2 Å². The van der Waals surface area contributed by atoms with Crippen LogP contribution in [-0.4, -0.2) is 23.4 Å². The third-order valence-corrected chi connectivity index (χ3v) is 5.71. The Morgan fingerprint density at radius 2 is 1.54 bits per heavy atom. The van der Waals surface area contributed by atoms with Gasteiger partial charge in [-0.1, -0.05) is 23.4 Å². The van der Waals surface area contributed by atoms with Crippen LogP contribution in [0.3, 0.4) is 0 Å². The lowest BCUT2D eigenvalue weighted by Gasteiger charge is -2.12. The van der Waals surface area contributed by atoms with E-state index in [1.54, 1.807) is 42.5 Å². The van der Waals surface area contributed by atoms with Crippen molar-refractivity contribution >= 4 is 11.7 Å². The predicted molar refractivity (Wildman–Crippen MR) is 131 cm³/mol. The largest absolute Gasteiger partial charge is 0.465 e. The number of ether oxygens (including phenoxy) is 1. The highest BCUT2D eigenvalue weighted by Crippen LogP contribution is 2.30. The molecular formula is C28H24F2N2O3. The molecule has 0 aliphatic heterocycles. The Hall–Kier alpha value is -4.26. The Labute approximate surface area is 202 Å². The van der Waals surface area contributed by atoms with E-state index in [1.807, 2.05) is 30.5 Å². The summed E-state index contributed by atoms with van der Waals surface area (Å²) in [6, 6.07) is 21.3. The molecule has 4 rings (SSSR count). The highest BCUT2D eigenvalue weighted by Gasteiger charge is 2.18. The molecule has 3 aromatic carbocycles. The number of rotatable bonds is 7. The Morgan fingerprint density at radius 1 is 0.914 bits per heavy atom. The van der Waals surface area contributed by atoms with E-state index in [2.05, 4.69) is 5.16 Å². The maximum atomic E-state index is 13.6. The standard InChI is InChI=1S/C28H24F2N2O3/c1-18(31-35-17-21-6-4-5-7-25(21)28(33)34-3)26-16-27(20-8-10-22(29)11-9-20)32(19(26)2)24-14-12-23(30)13-15-24/h4-16H,17H2,1-3H3. The molecule has 0 unspecified atom stereocenters. The molecule has 0 amide bonds. The summed E-state index contributed by atoms with van der Waals surface area (Å²) >= 11 is 0. The topological polar surface area (TPSA) is 52.8 Å². The third-order valence-electron chi connectivity index (χ3n) is 5.71. The number of aromatic nitrogens is 1. The number of carbonyl (C=O) groups excluding carboxylic acids is 1. The van der Waals surface area contributed by atoms with E-state index in [4.69, 9.17) is 9.57 Å². The molecule has 0 fully saturated rings. The smallest absolute Gasteiger partial charge is 0.338 e. The lowest BCUT2D eigenvalue weighted by atomic mass is 10.1. The van der Waals surface area contributed by atoms with Crippen molar-refractivity contribution in [3.63, 3.8) is 0 Å². The number of carbonyl (C=O) groups is 1. The van der Waals surface area contributed by atoms with Crippen LogP contribution in [0.1, 0.15) is 34.1 Å². The van der Waals surface area contributed by atoms with E-state index in [1.165, 1.54) is 31.4 Å². The van der Waals surface area contributed by atoms with Crippen LogP contribution in [0.2, 0.25) is 0 Å². The van der Waals surface area contributed by atoms with Gasteiger partial charge in [0.25, 0.3) is 0 Å². The van der Waals surface area contributed by atoms with Gasteiger partial charge in [0.15, 0.2) is 0 Å². The fourth-order valence-electron chi connectivity index (χ4n) is 3.93. The predicted octanol–water partition coefficient (Wildman–Crippen LogP) is 6.46. The molecule has 0 aliphatic carbocycles. The lowest BCUT2D eigenvalue weighted by molar-refractivity contribution is 0.0593. The molecule has 0 bridgehead atoms. The quantitative estimate of drug-likeness (QED) is 0.176. The van der Waals surface area contributed by atoms with Gasteiger partial charge in [0.2, 0.25) is 0 Å². The molecule has 35 heavy (non-hydrogen) atoms. The molecule has 5 nitrogen and oxygen atoms in total. The summed E-state index contributed by atoms with van der Waals surface area (Å²) in [5, 5.41) is 4.28. The van der Waals surface area contributed by atoms with Crippen molar-refractivity contribution < 1.29 is 23.1 Å². The van der Waals surface area contributed by atoms with E-state index in [-0.39, 0.29) is 18.2 Å². The zero-order valence-corrected chi connectivity index (χ0v) is 19.6. The van der Waals surface area contributed by atoms with Crippen molar-refractivity contribution in [1.82, 2.24) is 4.57 Å². The summed E-state index contributed by atoms with van der Waals surface area (Å²) in [4.78, 5) is 17.6. The molecule has 1 heterocycles. The van der Waals surface area contributed by atoms with Crippen LogP contribution >= 0.6 is 0 Å². The molecule has 7 heteroatoms. The number of esters is 1. The SMILES string of the molecule is COC(=O)c1ccccc1CON=C(C)c1cc(-c2ccc(F)cc2)n(-c2ccc(F)cc2)c1C. The maximum absolute atomic E-state index is 13.6. The summed E-state index contributed by atoms with van der Waals surface area (Å²) in [6.07, 6.45) is 0. The Kier molecular flexibility index (Phi) is 7.06. The molecule has 0 aliphatic rings. The number of nitrogens with zero attached hydrogens (tertiary/aromatic N) is 2. The van der Waals surface area contributed by atoms with Gasteiger partial charge in [-0.3, -0.25) is 0 Å². The van der Waals surface area contributed by atoms with E-state index >= 15 is 0 Å². The number of hydrogen-bond donors (Lipinski definition) is 0. The van der Waals surface area contributed by atoms with Crippen LogP contribution < -0.4 is 0 Å². The summed E-state index contributed by atoms with van der Waals surface area (Å²) in [5.74, 6) is -1.11. The third kappa shape index (κ3) is 5.14. The molecule has 0 saturated heterocycles. The van der Waals surface area contributed by atoms with Crippen molar-refractivity contribution in [1.29, 1.82) is 0 Å². The zero-order chi connectivity index (χ0) is 24.9. The van der Waals surface area contributed by atoms with Crippen LogP contribution in [0, 0.1) is 18.6 Å². The molecule has 178 valence electrons. The van der Waals surface area contributed by atoms with Gasteiger partial charge in [0, 0.05) is 22.5 Å². The van der Waals surface area contributed by atoms with Gasteiger partial charge in [-0.15, -0.1) is 0 Å². The first-order chi connectivity index (χ1) is 16.9. The van der Waals surface area contributed by atoms with Gasteiger partial charge in [-0.25, -0.2) is 13.6 Å². The summed E-state index contributed by atoms with van der Waals surface area (Å²) in [6.45, 7) is 3.83. The van der Waals surface area contributed by atoms with Gasteiger partial charge in [0.05, 0.1) is 24.1 Å². The minimum Gasteiger partial charge on any atom is -0.465 e. The van der Waals surface area contributed by atoms with E-state index in [9.17, 15) is 13.6 Å². The first-order valence-corrected chi connectivity index (χ1v) is 11.0. The Morgan fingerprint density at radius 3 is 2.20 bits per heavy atom. The number of hydrogen-bond acceptors (Lipinski definition) is 4. The van der Waals surface area contributed by atoms with Crippen molar-refractivity contribution in [2.45, 2.75) is 20.5 Å². The first kappa shape index (κ1) is 23.9. The number of benzene rings is 3. The van der Waals surface area contributed by atoms with Crippen LogP contribution in [0.4, 0.5) is 8.78 Å². The average molecular weight is 475 g/mol. The van der Waals surface area contributed by atoms with Crippen LogP contribution in [0.25, 0.3) is 16.9 Å². The van der Waals surface area contributed by atoms with Gasteiger partial charge in [0.1, 0.15) is 18.2 Å². The minimum absolute atomic E-state index is 0.0884. The maximum Gasteiger partial charge on any atom is 0.338 e. The lowest BCUT2D eigenvalue weighted by Crippen LogP contribution is -2.06. The molecule has 0 N–H and O–H groups in total. The van der Waals surface area contributed by atoms with Crippen LogP contribution in [-0.2, 0) is 16.2 Å². The molecule has 0 radical (unpaired) electrons. The number of oxime groups is 1. The highest BCUT2D eigenvalue weighted by atomic mass is 19.1. The zero-order valence-electron chi connectivity index (χ0n) is 19.6. The highest BCUT2D eigenvalue weighted by molar-refractivity contribution is 6.01. The molecule has 1 aromatic heterocycles. The molecule has 0 spiro atoms. The van der Waals surface area contributed by atoms with Crippen molar-refractivity contribution in [2.24, 2.45) is 5.16 Å². The fraction of sp³-hybridized carbons (Fsp3) is 0.143. The van der Waals surface area contributed by atoms with E-state index < -0.39 is 5.97 Å². The summed E-state index contributed by atoms with van der Waals surface area (Å²) in [5.41, 5.74) is 5.72. The Balaban J connectivity index is 1.69. The first-order valence-electron chi connectivity index (χ1n) is 11.0. The van der Waals surface area contributed by atoms with Gasteiger partial charge in [-0.05, 0) is 80.1 Å². The summed E-state index contributed by atoms with van der Waals surface area (Å²) < 4.78 is 33.9. The number of halogens is 2. The van der Waals surface area contributed by atoms with E-state index in [0.29, 0.717) is 16.8 Å². The average Bonchev–Trinajstić information content (AvgIpc) is 3.21. The second-order valence-electron chi connectivity index (χ2n) is 7.95. The normalized spacial score (nSPS) is 11.4. The van der Waals surface area contributed by atoms with Crippen molar-refractivity contribution in [3.8, 4) is 16.9 Å². The molecule has 0 saturated carbocycles. The van der Waals surface area contributed by atoms with Gasteiger partial charge in [-0.2, -0.15) is 0 Å². The summed E-state index contributed by atoms with van der Waals surface area (Å²) in [7, 11) is 1.33. The second kappa shape index (κ2) is 10.3. The fourth-order valence-corrected chi connectivity index (χ4v) is 3.93. The van der Waals surface area contributed by atoms with Gasteiger partial charge >= 0.3 is 5.97 Å². The number of methoxy groups -OCH3 is 1.